The van der Waals surface area contributed by atoms with Crippen molar-refractivity contribution in [3.05, 3.63) is 11.5 Å². The van der Waals surface area contributed by atoms with Crippen LogP contribution in [-0.2, 0) is 18.3 Å². The van der Waals surface area contributed by atoms with Gasteiger partial charge in [0.25, 0.3) is 0 Å². The summed E-state index contributed by atoms with van der Waals surface area (Å²) < 4.78 is 30.4. The topological polar surface area (TPSA) is 48.0 Å². The van der Waals surface area contributed by atoms with Crippen LogP contribution in [0.5, 0.6) is 0 Å². The maximum atomic E-state index is 13.2. The molecule has 0 radical (unpaired) electrons. The van der Waals surface area contributed by atoms with E-state index in [2.05, 4.69) is 11.8 Å². The van der Waals surface area contributed by atoms with E-state index in [-0.39, 0.29) is 18.4 Å². The van der Waals surface area contributed by atoms with E-state index in [4.69, 9.17) is 13.8 Å². The van der Waals surface area contributed by atoms with Crippen molar-refractivity contribution >= 4 is 7.60 Å². The van der Waals surface area contributed by atoms with Crippen molar-refractivity contribution in [1.82, 2.24) is 4.90 Å². The fraction of sp³-hybridized carbons (Fsp3) is 0.875. The van der Waals surface area contributed by atoms with Crippen molar-refractivity contribution in [2.75, 3.05) is 13.2 Å². The molecule has 0 N–H and O–H groups in total. The molecular formula is C16H32NO4P. The molecule has 5 nitrogen and oxygen atoms in total. The highest BCUT2D eigenvalue weighted by Crippen LogP contribution is 2.60. The van der Waals surface area contributed by atoms with E-state index in [0.717, 1.165) is 24.7 Å². The van der Waals surface area contributed by atoms with Gasteiger partial charge in [0.2, 0.25) is 0 Å². The summed E-state index contributed by atoms with van der Waals surface area (Å²) in [6, 6.07) is 0. The summed E-state index contributed by atoms with van der Waals surface area (Å²) in [6.07, 6.45) is 4.21. The van der Waals surface area contributed by atoms with Gasteiger partial charge in [-0.05, 0) is 53.9 Å². The molecule has 0 fully saturated rings. The fourth-order valence-corrected chi connectivity index (χ4v) is 4.66. The average Bonchev–Trinajstić information content (AvgIpc) is 2.39. The Hall–Kier alpha value is -0.350. The van der Waals surface area contributed by atoms with Crippen molar-refractivity contribution in [2.24, 2.45) is 0 Å². The Balaban J connectivity index is 3.02. The van der Waals surface area contributed by atoms with Gasteiger partial charge < -0.3 is 18.7 Å². The van der Waals surface area contributed by atoms with Gasteiger partial charge in [0.15, 0.2) is 0 Å². The molecule has 1 rings (SSSR count). The number of hydrogen-bond donors (Lipinski definition) is 0. The van der Waals surface area contributed by atoms with E-state index >= 15 is 0 Å². The summed E-state index contributed by atoms with van der Waals surface area (Å²) in [6.45, 7) is 13.2. The van der Waals surface area contributed by atoms with Crippen LogP contribution in [0.4, 0.5) is 0 Å². The molecule has 0 spiro atoms. The zero-order valence-corrected chi connectivity index (χ0v) is 15.8. The van der Waals surface area contributed by atoms with Crippen LogP contribution in [0.25, 0.3) is 0 Å². The van der Waals surface area contributed by atoms with Crippen LogP contribution in [0.2, 0.25) is 0 Å². The first kappa shape index (κ1) is 19.7. The number of allylic oxidation sites excluding steroid dienone is 1. The van der Waals surface area contributed by atoms with E-state index in [1.165, 1.54) is 0 Å². The molecule has 0 amide bonds. The zero-order valence-electron chi connectivity index (χ0n) is 14.9. The first-order valence-electron chi connectivity index (χ1n) is 8.37. The van der Waals surface area contributed by atoms with Crippen LogP contribution < -0.4 is 0 Å². The third-order valence-corrected chi connectivity index (χ3v) is 5.66. The first-order chi connectivity index (χ1) is 10.3. The Morgan fingerprint density at radius 1 is 1.23 bits per heavy atom. The Bertz CT molecular complexity index is 395. The molecule has 1 heterocycles. The lowest BCUT2D eigenvalue weighted by molar-refractivity contribution is -0.0411. The molecule has 1 aliphatic rings. The molecular weight excluding hydrogens is 301 g/mol. The Kier molecular flexibility index (Phi) is 8.12. The van der Waals surface area contributed by atoms with Gasteiger partial charge in [-0.15, -0.1) is 0 Å². The first-order valence-corrected chi connectivity index (χ1v) is 9.92. The van der Waals surface area contributed by atoms with Crippen LogP contribution in [0, 0.1) is 0 Å². The number of nitrogens with zero attached hydrogens (tertiary/aromatic N) is 1. The third-order valence-electron chi connectivity index (χ3n) is 3.22. The minimum Gasteiger partial charge on any atom is -0.359 e. The lowest BCUT2D eigenvalue weighted by atomic mass is 10.2. The molecule has 22 heavy (non-hydrogen) atoms. The predicted molar refractivity (Wildman–Crippen MR) is 89.8 cm³/mol. The summed E-state index contributed by atoms with van der Waals surface area (Å²) in [4.78, 5) is 2.13. The highest BCUT2D eigenvalue weighted by Gasteiger charge is 2.36. The molecule has 1 aliphatic heterocycles. The maximum absolute atomic E-state index is 13.2. The largest absolute Gasteiger partial charge is 0.359 e. The lowest BCUT2D eigenvalue weighted by Gasteiger charge is -2.36. The minimum atomic E-state index is -3.25. The molecule has 0 aromatic carbocycles. The molecule has 0 saturated heterocycles. The molecule has 0 saturated carbocycles. The van der Waals surface area contributed by atoms with Gasteiger partial charge in [-0.3, -0.25) is 4.57 Å². The smallest absolute Gasteiger partial charge is 0.359 e. The second kappa shape index (κ2) is 9.07. The molecule has 0 aromatic rings. The maximum Gasteiger partial charge on any atom is 0.359 e. The van der Waals surface area contributed by atoms with E-state index < -0.39 is 7.60 Å². The van der Waals surface area contributed by atoms with Gasteiger partial charge in [-0.25, -0.2) is 0 Å². The van der Waals surface area contributed by atoms with Crippen molar-refractivity contribution in [3.8, 4) is 0 Å². The van der Waals surface area contributed by atoms with E-state index in [1.807, 2.05) is 40.8 Å². The Morgan fingerprint density at radius 3 is 2.27 bits per heavy atom. The quantitative estimate of drug-likeness (QED) is 0.570. The normalized spacial score (nSPS) is 19.9. The van der Waals surface area contributed by atoms with Crippen LogP contribution in [0.15, 0.2) is 11.5 Å². The molecule has 6 heteroatoms. The second-order valence-electron chi connectivity index (χ2n) is 6.11. The van der Waals surface area contributed by atoms with E-state index in [9.17, 15) is 4.57 Å². The molecule has 0 aliphatic carbocycles. The molecule has 0 bridgehead atoms. The highest BCUT2D eigenvalue weighted by atomic mass is 31.2. The van der Waals surface area contributed by atoms with E-state index in [0.29, 0.717) is 13.0 Å². The summed E-state index contributed by atoms with van der Waals surface area (Å²) in [5.41, 5.74) is 0. The van der Waals surface area contributed by atoms with Crippen molar-refractivity contribution in [3.63, 3.8) is 0 Å². The van der Waals surface area contributed by atoms with Crippen LogP contribution in [0.1, 0.15) is 60.8 Å². The Morgan fingerprint density at radius 2 is 1.82 bits per heavy atom. The van der Waals surface area contributed by atoms with Crippen molar-refractivity contribution in [1.29, 1.82) is 0 Å². The van der Waals surface area contributed by atoms with Crippen LogP contribution >= 0.6 is 7.60 Å². The van der Waals surface area contributed by atoms with Crippen molar-refractivity contribution in [2.45, 2.75) is 79.2 Å². The monoisotopic (exact) mass is 333 g/mol. The van der Waals surface area contributed by atoms with Gasteiger partial charge in [0.05, 0.1) is 17.5 Å². The van der Waals surface area contributed by atoms with Gasteiger partial charge >= 0.3 is 7.60 Å². The zero-order chi connectivity index (χ0) is 16.8. The molecule has 1 atom stereocenters. The number of hydrogen-bond acceptors (Lipinski definition) is 5. The van der Waals surface area contributed by atoms with Gasteiger partial charge in [-0.1, -0.05) is 6.92 Å². The van der Waals surface area contributed by atoms with E-state index in [1.54, 1.807) is 0 Å². The average molecular weight is 333 g/mol. The lowest BCUT2D eigenvalue weighted by Crippen LogP contribution is -2.37. The SMILES string of the molecule is CCCN1C=C(P(=O)(OC(C)C)OC(C)C)CCC1OCC. The van der Waals surface area contributed by atoms with Crippen LogP contribution in [-0.4, -0.2) is 36.5 Å². The van der Waals surface area contributed by atoms with Gasteiger partial charge in [0, 0.05) is 19.4 Å². The fourth-order valence-electron chi connectivity index (χ4n) is 2.54. The standard InChI is InChI=1S/C16H32NO4P/c1-7-11-17-12-15(9-10-16(17)19-8-2)22(18,20-13(3)4)21-14(5)6/h12-14,16H,7-11H2,1-6H3. The summed E-state index contributed by atoms with van der Waals surface area (Å²) in [7, 11) is -3.25. The third kappa shape index (κ3) is 5.69. The molecule has 1 unspecified atom stereocenters. The number of ether oxygens (including phenoxy) is 1. The summed E-state index contributed by atoms with van der Waals surface area (Å²) in [5.74, 6) is 0. The summed E-state index contributed by atoms with van der Waals surface area (Å²) in [5, 5.41) is 0.763. The van der Waals surface area contributed by atoms with Gasteiger partial charge in [-0.2, -0.15) is 0 Å². The predicted octanol–water partition coefficient (Wildman–Crippen LogP) is 4.74. The van der Waals surface area contributed by atoms with Gasteiger partial charge in [0.1, 0.15) is 6.23 Å². The molecule has 130 valence electrons. The van der Waals surface area contributed by atoms with Crippen LogP contribution in [0.3, 0.4) is 0 Å². The Labute approximate surface area is 135 Å². The highest BCUT2D eigenvalue weighted by molar-refractivity contribution is 7.58. The number of rotatable bonds is 9. The summed E-state index contributed by atoms with van der Waals surface area (Å²) >= 11 is 0. The minimum absolute atomic E-state index is 0.0558. The second-order valence-corrected chi connectivity index (χ2v) is 8.10. The van der Waals surface area contributed by atoms with Crippen molar-refractivity contribution < 1.29 is 18.3 Å². The molecule has 0 aromatic heterocycles.